The second-order valence-corrected chi connectivity index (χ2v) is 4.29. The topological polar surface area (TPSA) is 92.5 Å². The van der Waals surface area contributed by atoms with Crippen LogP contribution >= 0.6 is 12.2 Å². The van der Waals surface area contributed by atoms with Gasteiger partial charge in [0, 0.05) is 0 Å². The number of phenolic OH excluding ortho intramolecular Hbond substituents is 1. The molecule has 104 valence electrons. The highest BCUT2D eigenvalue weighted by Crippen LogP contribution is 2.25. The van der Waals surface area contributed by atoms with Gasteiger partial charge in [-0.1, -0.05) is 0 Å². The van der Waals surface area contributed by atoms with Crippen molar-refractivity contribution in [3.8, 4) is 11.5 Å². The Morgan fingerprint density at radius 3 is 3.00 bits per heavy atom. The van der Waals surface area contributed by atoms with Crippen LogP contribution < -0.4 is 10.3 Å². The highest BCUT2D eigenvalue weighted by atomic mass is 32.1. The number of ether oxygens (including phenoxy) is 1. The van der Waals surface area contributed by atoms with E-state index < -0.39 is 5.56 Å². The van der Waals surface area contributed by atoms with E-state index in [1.54, 1.807) is 19.1 Å². The fourth-order valence-electron chi connectivity index (χ4n) is 1.48. The Morgan fingerprint density at radius 2 is 2.30 bits per heavy atom. The SMILES string of the molecule is COc1cc(/C=N\n2c(=S)[nH]nc(C)c2=O)ccc1O. The van der Waals surface area contributed by atoms with Crippen molar-refractivity contribution < 1.29 is 9.84 Å². The molecule has 0 aliphatic heterocycles. The Hall–Kier alpha value is -2.48. The second kappa shape index (κ2) is 5.66. The number of hydrogen-bond donors (Lipinski definition) is 2. The van der Waals surface area contributed by atoms with Gasteiger partial charge in [-0.15, -0.1) is 0 Å². The fraction of sp³-hybridized carbons (Fsp3) is 0.167. The molecule has 7 nitrogen and oxygen atoms in total. The maximum atomic E-state index is 11.8. The van der Waals surface area contributed by atoms with Crippen molar-refractivity contribution in [1.82, 2.24) is 14.9 Å². The van der Waals surface area contributed by atoms with Crippen LogP contribution in [0, 0.1) is 11.7 Å². The van der Waals surface area contributed by atoms with Gasteiger partial charge in [0.25, 0.3) is 5.56 Å². The smallest absolute Gasteiger partial charge is 0.296 e. The molecule has 2 rings (SSSR count). The zero-order valence-electron chi connectivity index (χ0n) is 10.8. The third-order valence-corrected chi connectivity index (χ3v) is 2.80. The van der Waals surface area contributed by atoms with Crippen LogP contribution in [-0.4, -0.2) is 33.3 Å². The summed E-state index contributed by atoms with van der Waals surface area (Å²) in [7, 11) is 1.45. The Bertz CT molecular complexity index is 779. The number of benzene rings is 1. The van der Waals surface area contributed by atoms with E-state index in [0.717, 1.165) is 4.68 Å². The first-order valence-corrected chi connectivity index (χ1v) is 6.03. The Morgan fingerprint density at radius 1 is 1.55 bits per heavy atom. The van der Waals surface area contributed by atoms with Crippen LogP contribution in [0.3, 0.4) is 0 Å². The first kappa shape index (κ1) is 13.9. The molecule has 0 unspecified atom stereocenters. The molecule has 0 bridgehead atoms. The molecule has 20 heavy (non-hydrogen) atoms. The standard InChI is InChI=1S/C12H12N4O3S/c1-7-11(18)16(12(20)15-14-7)13-6-8-3-4-9(17)10(5-8)19-2/h3-6,17H,1-2H3,(H,15,20)/b13-6-. The lowest BCUT2D eigenvalue weighted by Gasteiger charge is -2.03. The quantitative estimate of drug-likeness (QED) is 0.655. The summed E-state index contributed by atoms with van der Waals surface area (Å²) in [6.45, 7) is 1.56. The van der Waals surface area contributed by atoms with Gasteiger partial charge in [-0.3, -0.25) is 9.89 Å². The predicted molar refractivity (Wildman–Crippen MR) is 76.1 cm³/mol. The van der Waals surface area contributed by atoms with Crippen LogP contribution in [0.15, 0.2) is 28.1 Å². The summed E-state index contributed by atoms with van der Waals surface area (Å²) in [6, 6.07) is 4.69. The molecule has 8 heteroatoms. The number of aromatic nitrogens is 3. The molecule has 2 aromatic rings. The summed E-state index contributed by atoms with van der Waals surface area (Å²) in [5.41, 5.74) is 0.519. The molecule has 0 atom stereocenters. The molecule has 1 heterocycles. The maximum absolute atomic E-state index is 11.8. The highest BCUT2D eigenvalue weighted by molar-refractivity contribution is 7.71. The van der Waals surface area contributed by atoms with Gasteiger partial charge in [-0.25, -0.2) is 0 Å². The number of nitrogens with zero attached hydrogens (tertiary/aromatic N) is 3. The number of aromatic hydroxyl groups is 1. The summed E-state index contributed by atoms with van der Waals surface area (Å²) in [6.07, 6.45) is 1.44. The number of H-pyrrole nitrogens is 1. The van der Waals surface area contributed by atoms with E-state index in [4.69, 9.17) is 17.0 Å². The van der Waals surface area contributed by atoms with Gasteiger partial charge in [-0.05, 0) is 42.9 Å². The van der Waals surface area contributed by atoms with Crippen LogP contribution in [0.25, 0.3) is 0 Å². The van der Waals surface area contributed by atoms with Gasteiger partial charge in [0.15, 0.2) is 11.5 Å². The van der Waals surface area contributed by atoms with Crippen molar-refractivity contribution in [1.29, 1.82) is 0 Å². The lowest BCUT2D eigenvalue weighted by atomic mass is 10.2. The number of methoxy groups -OCH3 is 1. The summed E-state index contributed by atoms with van der Waals surface area (Å²) in [4.78, 5) is 11.8. The van der Waals surface area contributed by atoms with Gasteiger partial charge in [0.05, 0.1) is 13.3 Å². The van der Waals surface area contributed by atoms with E-state index in [-0.39, 0.29) is 16.2 Å². The molecule has 2 N–H and O–H groups in total. The van der Waals surface area contributed by atoms with E-state index in [1.165, 1.54) is 19.4 Å². The summed E-state index contributed by atoms with van der Waals surface area (Å²) >= 11 is 4.95. The Balaban J connectivity index is 2.42. The number of aromatic amines is 1. The first-order chi connectivity index (χ1) is 9.52. The van der Waals surface area contributed by atoms with E-state index >= 15 is 0 Å². The summed E-state index contributed by atoms with van der Waals surface area (Å²) < 4.78 is 6.13. The van der Waals surface area contributed by atoms with E-state index in [0.29, 0.717) is 11.3 Å². The largest absolute Gasteiger partial charge is 0.504 e. The number of rotatable bonds is 3. The van der Waals surface area contributed by atoms with Crippen molar-refractivity contribution in [3.63, 3.8) is 0 Å². The molecule has 0 saturated carbocycles. The predicted octanol–water partition coefficient (Wildman–Crippen LogP) is 1.21. The molecule has 1 aromatic carbocycles. The van der Waals surface area contributed by atoms with E-state index in [2.05, 4.69) is 15.3 Å². The number of phenols is 1. The molecule has 0 aliphatic rings. The zero-order chi connectivity index (χ0) is 14.7. The molecular formula is C12H12N4O3S. The monoisotopic (exact) mass is 292 g/mol. The fourth-order valence-corrected chi connectivity index (χ4v) is 1.65. The van der Waals surface area contributed by atoms with Crippen molar-refractivity contribution in [2.75, 3.05) is 7.11 Å². The summed E-state index contributed by atoms with van der Waals surface area (Å²) in [5, 5.41) is 19.8. The van der Waals surface area contributed by atoms with Crippen molar-refractivity contribution in [2.45, 2.75) is 6.92 Å². The number of nitrogens with one attached hydrogen (secondary N) is 1. The zero-order valence-corrected chi connectivity index (χ0v) is 11.6. The molecule has 1 aromatic heterocycles. The number of hydrogen-bond acceptors (Lipinski definition) is 6. The van der Waals surface area contributed by atoms with Gasteiger partial charge >= 0.3 is 0 Å². The molecule has 0 fully saturated rings. The molecule has 0 saturated heterocycles. The maximum Gasteiger partial charge on any atom is 0.296 e. The van der Waals surface area contributed by atoms with Crippen LogP contribution in [0.5, 0.6) is 11.5 Å². The minimum atomic E-state index is -0.393. The Kier molecular flexibility index (Phi) is 3.94. The van der Waals surface area contributed by atoms with Crippen molar-refractivity contribution in [2.24, 2.45) is 5.10 Å². The van der Waals surface area contributed by atoms with Crippen molar-refractivity contribution in [3.05, 3.63) is 44.6 Å². The molecular weight excluding hydrogens is 280 g/mol. The molecule has 0 radical (unpaired) electrons. The normalized spacial score (nSPS) is 10.9. The van der Waals surface area contributed by atoms with Crippen LogP contribution in [-0.2, 0) is 0 Å². The average molecular weight is 292 g/mol. The third kappa shape index (κ3) is 2.75. The van der Waals surface area contributed by atoms with Gasteiger partial charge in [0.2, 0.25) is 4.77 Å². The molecule has 0 amide bonds. The van der Waals surface area contributed by atoms with Gasteiger partial charge < -0.3 is 9.84 Å². The molecule has 0 spiro atoms. The minimum Gasteiger partial charge on any atom is -0.504 e. The van der Waals surface area contributed by atoms with Crippen molar-refractivity contribution >= 4 is 18.4 Å². The van der Waals surface area contributed by atoms with Gasteiger partial charge in [-0.2, -0.15) is 14.9 Å². The van der Waals surface area contributed by atoms with Crippen LogP contribution in [0.4, 0.5) is 0 Å². The van der Waals surface area contributed by atoms with E-state index in [9.17, 15) is 9.90 Å². The van der Waals surface area contributed by atoms with Crippen LogP contribution in [0.2, 0.25) is 0 Å². The Labute approximate surface area is 119 Å². The lowest BCUT2D eigenvalue weighted by molar-refractivity contribution is 0.373. The highest BCUT2D eigenvalue weighted by Gasteiger charge is 2.03. The summed E-state index contributed by atoms with van der Waals surface area (Å²) in [5.74, 6) is 0.344. The first-order valence-electron chi connectivity index (χ1n) is 5.62. The number of aryl methyl sites for hydroxylation is 1. The van der Waals surface area contributed by atoms with E-state index in [1.807, 2.05) is 0 Å². The van der Waals surface area contributed by atoms with Crippen LogP contribution in [0.1, 0.15) is 11.3 Å². The second-order valence-electron chi connectivity index (χ2n) is 3.91. The minimum absolute atomic E-state index is 0.0267. The average Bonchev–Trinajstić information content (AvgIpc) is 2.44. The molecule has 0 aliphatic carbocycles. The van der Waals surface area contributed by atoms with Gasteiger partial charge in [0.1, 0.15) is 5.69 Å². The third-order valence-electron chi connectivity index (χ3n) is 2.54. The lowest BCUT2D eigenvalue weighted by Crippen LogP contribution is -2.22.